The molecular formula is C45H73N9O30. The molecule has 39 heteroatoms. The molecule has 0 saturated carbocycles. The number of carbonyl (C=O) groups is 10. The van der Waals surface area contributed by atoms with Gasteiger partial charge in [0.05, 0.1) is 57.8 Å². The second-order valence-electron chi connectivity index (χ2n) is 16.9. The van der Waals surface area contributed by atoms with Crippen molar-refractivity contribution in [2.75, 3.05) is 79.6 Å². The van der Waals surface area contributed by atoms with Crippen LogP contribution in [0.3, 0.4) is 0 Å². The Labute approximate surface area is 479 Å². The molecule has 0 bridgehead atoms. The molecule has 0 unspecified atom stereocenters. The molecule has 6 heterocycles. The molecule has 0 aromatic rings. The number of ketones is 2. The normalized spacial score (nSPS) is 24.7. The van der Waals surface area contributed by atoms with Crippen molar-refractivity contribution in [1.29, 1.82) is 0 Å². The maximum atomic E-state index is 11.8. The van der Waals surface area contributed by atoms with E-state index in [1.165, 1.54) is 13.4 Å². The van der Waals surface area contributed by atoms with E-state index in [1.807, 2.05) is 10.6 Å². The molecule has 6 aliphatic rings. The molecule has 6 aliphatic heterocycles. The minimum atomic E-state index is -1.15. The first kappa shape index (κ1) is 75.9. The highest BCUT2D eigenvalue weighted by atomic mass is 17.0. The van der Waals surface area contributed by atoms with Crippen LogP contribution in [0.25, 0.3) is 0 Å². The first-order valence-electron chi connectivity index (χ1n) is 25.0. The maximum absolute atomic E-state index is 11.8. The van der Waals surface area contributed by atoms with Crippen LogP contribution in [0, 0.1) is 43.2 Å². The fraction of sp³-hybridized carbons (Fsp3) is 0.733. The zero-order valence-electron chi connectivity index (χ0n) is 46.2. The van der Waals surface area contributed by atoms with E-state index in [-0.39, 0.29) is 108 Å². The van der Waals surface area contributed by atoms with Gasteiger partial charge in [-0.2, -0.15) is 0 Å². The summed E-state index contributed by atoms with van der Waals surface area (Å²) in [6, 6.07) is -1.02. The number of aliphatic hydroxyl groups is 1. The monoisotopic (exact) mass is 1220 g/mol. The summed E-state index contributed by atoms with van der Waals surface area (Å²) >= 11 is 0. The van der Waals surface area contributed by atoms with Crippen molar-refractivity contribution in [1.82, 2.24) is 21.3 Å². The van der Waals surface area contributed by atoms with Gasteiger partial charge in [0.1, 0.15) is 63.5 Å². The van der Waals surface area contributed by atoms with E-state index in [0.717, 1.165) is 13.8 Å². The Hall–Kier alpha value is -8.10. The average molecular weight is 1220 g/mol. The van der Waals surface area contributed by atoms with Gasteiger partial charge in [-0.3, -0.25) is 47.9 Å². The van der Waals surface area contributed by atoms with Crippen molar-refractivity contribution in [2.45, 2.75) is 133 Å². The molecule has 0 aromatic heterocycles. The van der Waals surface area contributed by atoms with Crippen LogP contribution < -0.4 is 32.7 Å². The van der Waals surface area contributed by atoms with Gasteiger partial charge >= 0.3 is 23.9 Å². The fourth-order valence-electron chi connectivity index (χ4n) is 7.38. The molecule has 0 spiro atoms. The van der Waals surface area contributed by atoms with Gasteiger partial charge in [-0.1, -0.05) is 14.4 Å². The largest absolute Gasteiger partial charge is 0.480 e. The molecule has 0 aromatic carbocycles. The fourth-order valence-corrected chi connectivity index (χ4v) is 7.38. The van der Waals surface area contributed by atoms with Crippen molar-refractivity contribution in [2.24, 2.45) is 11.5 Å². The highest BCUT2D eigenvalue weighted by Crippen LogP contribution is 2.31. The van der Waals surface area contributed by atoms with Crippen molar-refractivity contribution in [3.63, 3.8) is 0 Å². The maximum Gasteiger partial charge on any atom is 0.322 e. The van der Waals surface area contributed by atoms with Crippen LogP contribution in [0.4, 0.5) is 0 Å². The van der Waals surface area contributed by atoms with E-state index in [9.17, 15) is 78.3 Å². The summed E-state index contributed by atoms with van der Waals surface area (Å²) in [5.74, 6) is -5.73. The number of Topliss-reactive ketones (excluding diaryl/α,β-unsaturated/α-hetero) is 2. The molecule has 39 nitrogen and oxygen atoms in total. The van der Waals surface area contributed by atoms with Crippen LogP contribution in [-0.4, -0.2) is 242 Å². The molecule has 12 atom stereocenters. The first-order valence-corrected chi connectivity index (χ1v) is 24.5. The van der Waals surface area contributed by atoms with Crippen LogP contribution in [0.2, 0.25) is 0 Å². The van der Waals surface area contributed by atoms with Gasteiger partial charge in [-0.05, 0) is 7.05 Å². The zero-order valence-corrected chi connectivity index (χ0v) is 45.2. The Bertz CT molecular complexity index is 2080. The Morgan fingerprint density at radius 3 is 1.21 bits per heavy atom. The topological polar surface area (TPSA) is 562 Å². The van der Waals surface area contributed by atoms with E-state index in [4.69, 9.17) is 50.8 Å². The number of esters is 2. The number of aliphatic carboxylic acids is 2. The van der Waals surface area contributed by atoms with Crippen molar-refractivity contribution >= 4 is 59.1 Å². The molecule has 0 radical (unpaired) electrons. The standard InChI is InChI=1S/C12H18N2O7.C11H16N2O8.C6H10N2O5.2C6H9NO5.C2H2.CH5N.CH4/c1-2-7(15)3-4-10(16)13-8-5-19-12-9(21-14(17)18)6-20-11(8)12;14-3-6(15)1-2-9(16)12-7-4-19-11-8(21-13(17)18)5-20-10(7)11;7-3-1-11-6-4(13-8(9)10)2-12-5(3)6;2*1-4(8)12-3-5(9)7-2-6(10)11;2*1-2;/h8-9,11-12H,2-6H2,1H3,(H,13,16);7-8,10-11,14H,1-5H2,(H,12,16);3-6H,1-2,7H2;2*2-3H2,1H3,(H,7,9)(H,10,11);1-2H;2H2,1H3;1H4/t8-,9+,11+,12+;7-,8+,10+,11+;3-,4+,5+,6+;;;;;/m000...../s1/i;;;;;1D;;. The summed E-state index contributed by atoms with van der Waals surface area (Å²) in [6.07, 6.45) is 1.45. The number of hydrogen-bond donors (Lipinski definition) is 9. The number of terminal acetylenes is 1. The SMILES string of the molecule is C.CC(=O)OCC(=O)NCC(=O)O.CC(=O)OCC(=O)NCC(=O)O.CCC(=O)CCC(=O)N[C@H]1CO[C@H]2[C@@H]1OC[C@H]2O[N+](=O)[O-].CN.N[C@H]1CO[C@H]2[C@@H]1OC[C@H]2O[N+](=O)[O-].O=C(CO)CCC(=O)N[C@H]1CO[C@H]2[C@@H]1OC[C@H]2O[N+](=O)[O-].[2H]C#C. The number of rotatable bonds is 24. The average Bonchev–Trinajstić information content (AvgIpc) is 3.54. The number of nitrogens with two attached hydrogens (primary N) is 2. The van der Waals surface area contributed by atoms with E-state index in [1.54, 1.807) is 6.92 Å². The number of amides is 4. The number of hydrogen-bond acceptors (Lipinski definition) is 30. The number of aliphatic hydroxyl groups excluding tert-OH is 1. The van der Waals surface area contributed by atoms with Crippen LogP contribution in [0.15, 0.2) is 0 Å². The highest BCUT2D eigenvalue weighted by Gasteiger charge is 2.51. The van der Waals surface area contributed by atoms with Gasteiger partial charge in [0.2, 0.25) is 11.8 Å². The van der Waals surface area contributed by atoms with Gasteiger partial charge in [0.15, 0.2) is 37.3 Å². The Balaban J connectivity index is 0. The lowest BCUT2D eigenvalue weighted by Gasteiger charge is -2.17. The molecule has 84 heavy (non-hydrogen) atoms. The van der Waals surface area contributed by atoms with Crippen LogP contribution in [-0.2, 0) is 100 Å². The lowest BCUT2D eigenvalue weighted by Crippen LogP contribution is -2.44. The van der Waals surface area contributed by atoms with E-state index in [2.05, 4.69) is 46.8 Å². The minimum Gasteiger partial charge on any atom is -0.480 e. The minimum absolute atomic E-state index is 0. The first-order chi connectivity index (χ1) is 39.6. The quantitative estimate of drug-likeness (QED) is 0.0188. The smallest absolute Gasteiger partial charge is 0.322 e. The van der Waals surface area contributed by atoms with Gasteiger partial charge in [0, 0.05) is 46.0 Å². The van der Waals surface area contributed by atoms with E-state index in [0.29, 0.717) is 13.0 Å². The second-order valence-corrected chi connectivity index (χ2v) is 16.9. The Kier molecular flexibility index (Phi) is 38.6. The number of carboxylic acids is 2. The third-order valence-corrected chi connectivity index (χ3v) is 10.9. The molecule has 6 rings (SSSR count). The molecule has 6 saturated heterocycles. The molecular weight excluding hydrogens is 1150 g/mol. The van der Waals surface area contributed by atoms with Crippen LogP contribution >= 0.6 is 0 Å². The predicted molar refractivity (Wildman–Crippen MR) is 273 cm³/mol. The van der Waals surface area contributed by atoms with Crippen LogP contribution in [0.5, 0.6) is 0 Å². The van der Waals surface area contributed by atoms with Crippen molar-refractivity contribution in [3.8, 4) is 12.8 Å². The molecule has 11 N–H and O–H groups in total. The van der Waals surface area contributed by atoms with Gasteiger partial charge in [-0.15, -0.1) is 43.2 Å². The van der Waals surface area contributed by atoms with Gasteiger partial charge in [0.25, 0.3) is 27.1 Å². The predicted octanol–water partition coefficient (Wildman–Crippen LogP) is -5.56. The summed E-state index contributed by atoms with van der Waals surface area (Å²) in [6.45, 7) is 2.62. The lowest BCUT2D eigenvalue weighted by atomic mass is 10.1. The molecule has 478 valence electrons. The summed E-state index contributed by atoms with van der Waals surface area (Å²) < 4.78 is 46.3. The van der Waals surface area contributed by atoms with E-state index >= 15 is 0 Å². The van der Waals surface area contributed by atoms with Crippen LogP contribution in [0.1, 0.15) is 61.7 Å². The highest BCUT2D eigenvalue weighted by molar-refractivity contribution is 5.86. The van der Waals surface area contributed by atoms with Gasteiger partial charge in [-0.25, -0.2) is 0 Å². The second kappa shape index (κ2) is 42.7. The number of ether oxygens (including phenoxy) is 8. The third-order valence-electron chi connectivity index (χ3n) is 10.9. The summed E-state index contributed by atoms with van der Waals surface area (Å²) in [4.78, 5) is 151. The zero-order chi connectivity index (χ0) is 64.1. The number of carboxylic acid groups (broad SMARTS) is 2. The third kappa shape index (κ3) is 31.4. The van der Waals surface area contributed by atoms with E-state index < -0.39 is 138 Å². The number of nitrogens with zero attached hydrogens (tertiary/aromatic N) is 3. The molecule has 6 fully saturated rings. The van der Waals surface area contributed by atoms with Gasteiger partial charge < -0.3 is 100 Å². The summed E-state index contributed by atoms with van der Waals surface area (Å²) in [5.41, 5.74) is 10.1. The number of fused-ring (bicyclic) bond motifs is 3. The molecule has 4 amide bonds. The number of carbonyl (C=O) groups excluding carboxylic acids is 8. The number of nitrogens with one attached hydrogen (secondary N) is 4. The Morgan fingerprint density at radius 2 is 0.893 bits per heavy atom. The summed E-state index contributed by atoms with van der Waals surface area (Å²) in [5, 5.41) is 62.4. The van der Waals surface area contributed by atoms with Crippen molar-refractivity contribution in [3.05, 3.63) is 30.3 Å². The molecule has 0 aliphatic carbocycles. The summed E-state index contributed by atoms with van der Waals surface area (Å²) in [7, 11) is 1.50. The lowest BCUT2D eigenvalue weighted by molar-refractivity contribution is -0.769. The Morgan fingerprint density at radius 1 is 0.571 bits per heavy atom. The van der Waals surface area contributed by atoms with Crippen molar-refractivity contribution < 1.29 is 132 Å².